The highest BCUT2D eigenvalue weighted by atomic mass is 32.2. The van der Waals surface area contributed by atoms with Gasteiger partial charge in [0.1, 0.15) is 12.6 Å². The summed E-state index contributed by atoms with van der Waals surface area (Å²) in [4.78, 5) is 30.6. The molecule has 1 fully saturated rings. The summed E-state index contributed by atoms with van der Waals surface area (Å²) in [5, 5.41) is 3.25. The van der Waals surface area contributed by atoms with Gasteiger partial charge in [0.05, 0.1) is 24.8 Å². The molecular formula is C40H47N3O6S. The van der Waals surface area contributed by atoms with Crippen molar-refractivity contribution < 1.29 is 27.5 Å². The third-order valence-electron chi connectivity index (χ3n) is 9.13. The number of anilines is 1. The number of rotatable bonds is 14. The zero-order chi connectivity index (χ0) is 35.7. The van der Waals surface area contributed by atoms with Crippen LogP contribution in [0.4, 0.5) is 5.69 Å². The van der Waals surface area contributed by atoms with Crippen molar-refractivity contribution >= 4 is 27.5 Å². The van der Waals surface area contributed by atoms with E-state index in [4.69, 9.17) is 9.47 Å². The summed E-state index contributed by atoms with van der Waals surface area (Å²) in [5.41, 5.74) is 3.75. The van der Waals surface area contributed by atoms with Gasteiger partial charge in [0.25, 0.3) is 10.0 Å². The Morgan fingerprint density at radius 3 is 1.98 bits per heavy atom. The molecule has 0 saturated heterocycles. The van der Waals surface area contributed by atoms with Gasteiger partial charge >= 0.3 is 0 Å². The monoisotopic (exact) mass is 697 g/mol. The Morgan fingerprint density at radius 2 is 1.38 bits per heavy atom. The van der Waals surface area contributed by atoms with Gasteiger partial charge < -0.3 is 19.7 Å². The molecule has 4 aromatic carbocycles. The second-order valence-corrected chi connectivity index (χ2v) is 14.8. The lowest BCUT2D eigenvalue weighted by atomic mass is 9.94. The van der Waals surface area contributed by atoms with Crippen LogP contribution in [0.2, 0.25) is 0 Å². The van der Waals surface area contributed by atoms with Crippen LogP contribution in [-0.4, -0.2) is 58.0 Å². The number of nitrogens with one attached hydrogen (secondary N) is 1. The van der Waals surface area contributed by atoms with E-state index >= 15 is 0 Å². The maximum atomic E-state index is 14.8. The predicted molar refractivity (Wildman–Crippen MR) is 196 cm³/mol. The van der Waals surface area contributed by atoms with Gasteiger partial charge in [-0.3, -0.25) is 13.9 Å². The Bertz CT molecular complexity index is 1840. The molecule has 1 aliphatic carbocycles. The predicted octanol–water partition coefficient (Wildman–Crippen LogP) is 6.60. The van der Waals surface area contributed by atoms with Crippen molar-refractivity contribution in [2.45, 2.75) is 75.9 Å². The maximum Gasteiger partial charge on any atom is 0.264 e. The molecule has 264 valence electrons. The molecule has 50 heavy (non-hydrogen) atoms. The second-order valence-electron chi connectivity index (χ2n) is 12.9. The summed E-state index contributed by atoms with van der Waals surface area (Å²) in [6.45, 7) is 3.35. The first-order valence-electron chi connectivity index (χ1n) is 17.1. The number of methoxy groups -OCH3 is 2. The lowest BCUT2D eigenvalue weighted by Gasteiger charge is -2.35. The van der Waals surface area contributed by atoms with Crippen molar-refractivity contribution in [1.82, 2.24) is 10.2 Å². The van der Waals surface area contributed by atoms with Crippen LogP contribution in [0.3, 0.4) is 0 Å². The zero-order valence-electron chi connectivity index (χ0n) is 29.3. The molecule has 0 aromatic heterocycles. The van der Waals surface area contributed by atoms with Crippen LogP contribution in [0.1, 0.15) is 54.4 Å². The number of amides is 2. The first kappa shape index (κ1) is 36.5. The molecule has 1 saturated carbocycles. The normalized spacial score (nSPS) is 14.0. The van der Waals surface area contributed by atoms with Crippen molar-refractivity contribution in [3.63, 3.8) is 0 Å². The Hall–Kier alpha value is -4.83. The molecule has 0 bridgehead atoms. The minimum atomic E-state index is -4.32. The third-order valence-corrected chi connectivity index (χ3v) is 10.9. The molecule has 0 spiro atoms. The second kappa shape index (κ2) is 16.7. The van der Waals surface area contributed by atoms with Crippen molar-refractivity contribution in [3.05, 3.63) is 119 Å². The highest BCUT2D eigenvalue weighted by Gasteiger charge is 2.36. The van der Waals surface area contributed by atoms with Gasteiger partial charge in [-0.05, 0) is 73.2 Å². The van der Waals surface area contributed by atoms with Gasteiger partial charge in [0.15, 0.2) is 11.5 Å². The number of ether oxygens (including phenoxy) is 2. The quantitative estimate of drug-likeness (QED) is 0.159. The van der Waals surface area contributed by atoms with Gasteiger partial charge in [-0.25, -0.2) is 8.42 Å². The lowest BCUT2D eigenvalue weighted by Crippen LogP contribution is -2.55. The summed E-state index contributed by atoms with van der Waals surface area (Å²) >= 11 is 0. The molecule has 1 unspecified atom stereocenters. The summed E-state index contributed by atoms with van der Waals surface area (Å²) in [5.74, 6) is -0.127. The van der Waals surface area contributed by atoms with E-state index in [2.05, 4.69) is 5.32 Å². The highest BCUT2D eigenvalue weighted by molar-refractivity contribution is 7.92. The molecule has 2 amide bonds. The number of hydrogen-bond donors (Lipinski definition) is 1. The molecule has 4 aromatic rings. The van der Waals surface area contributed by atoms with Crippen LogP contribution in [0.5, 0.6) is 11.5 Å². The van der Waals surface area contributed by atoms with Crippen molar-refractivity contribution in [2.75, 3.05) is 25.1 Å². The first-order chi connectivity index (χ1) is 24.1. The number of carbonyl (C=O) groups excluding carboxylic acids is 2. The minimum Gasteiger partial charge on any atom is -0.493 e. The average molecular weight is 698 g/mol. The van der Waals surface area contributed by atoms with Crippen LogP contribution >= 0.6 is 0 Å². The summed E-state index contributed by atoms with van der Waals surface area (Å²) in [7, 11) is -1.41. The molecule has 1 aliphatic rings. The fourth-order valence-electron chi connectivity index (χ4n) is 6.61. The van der Waals surface area contributed by atoms with Gasteiger partial charge in [-0.1, -0.05) is 86.0 Å². The maximum absolute atomic E-state index is 14.8. The Morgan fingerprint density at radius 1 is 0.780 bits per heavy atom. The molecule has 1 N–H and O–H groups in total. The number of aryl methyl sites for hydroxylation is 2. The molecule has 9 nitrogen and oxygen atoms in total. The standard InChI is InChI=1S/C40H47N3O6S/c1-29-22-30(2)24-34(23-29)43(50(46,47)35-20-21-37(48-3)38(26-35)49-4)28-39(44)42(27-32-16-10-6-11-17-32)36(25-31-14-8-5-9-15-31)40(45)41-33-18-12-7-13-19-33/h5-6,8-11,14-17,20-24,26,33,36H,7,12-13,18-19,25,27-28H2,1-4H3,(H,41,45). The summed E-state index contributed by atoms with van der Waals surface area (Å²) in [6.07, 6.45) is 5.27. The average Bonchev–Trinajstić information content (AvgIpc) is 3.12. The molecule has 10 heteroatoms. The molecule has 0 radical (unpaired) electrons. The number of nitrogens with zero attached hydrogens (tertiary/aromatic N) is 2. The molecule has 0 aliphatic heterocycles. The largest absolute Gasteiger partial charge is 0.493 e. The first-order valence-corrected chi connectivity index (χ1v) is 18.5. The van der Waals surface area contributed by atoms with E-state index in [1.165, 1.54) is 32.4 Å². The summed E-state index contributed by atoms with van der Waals surface area (Å²) in [6, 6.07) is 28.0. The number of hydrogen-bond acceptors (Lipinski definition) is 6. The van der Waals surface area contributed by atoms with Gasteiger partial charge in [-0.15, -0.1) is 0 Å². The SMILES string of the molecule is COc1ccc(S(=O)(=O)N(CC(=O)N(Cc2ccccc2)C(Cc2ccccc2)C(=O)NC2CCCCC2)c2cc(C)cc(C)c2)cc1OC. The smallest absolute Gasteiger partial charge is 0.264 e. The fourth-order valence-corrected chi connectivity index (χ4v) is 8.02. The molecular weight excluding hydrogens is 651 g/mol. The van der Waals surface area contributed by atoms with Crippen molar-refractivity contribution in [3.8, 4) is 11.5 Å². The van der Waals surface area contributed by atoms with Crippen LogP contribution in [-0.2, 0) is 32.6 Å². The van der Waals surface area contributed by atoms with Crippen LogP contribution in [0.25, 0.3) is 0 Å². The van der Waals surface area contributed by atoms with E-state index in [1.807, 2.05) is 80.6 Å². The van der Waals surface area contributed by atoms with E-state index in [9.17, 15) is 18.0 Å². The number of carbonyl (C=O) groups is 2. The minimum absolute atomic E-state index is 0.0281. The number of sulfonamides is 1. The molecule has 1 atom stereocenters. The van der Waals surface area contributed by atoms with E-state index in [0.717, 1.165) is 58.7 Å². The van der Waals surface area contributed by atoms with E-state index in [-0.39, 0.29) is 35.6 Å². The van der Waals surface area contributed by atoms with Gasteiger partial charge in [0.2, 0.25) is 11.8 Å². The van der Waals surface area contributed by atoms with Crippen LogP contribution < -0.4 is 19.1 Å². The van der Waals surface area contributed by atoms with Crippen molar-refractivity contribution in [1.29, 1.82) is 0 Å². The van der Waals surface area contributed by atoms with E-state index < -0.39 is 28.5 Å². The zero-order valence-corrected chi connectivity index (χ0v) is 30.1. The molecule has 0 heterocycles. The Kier molecular flexibility index (Phi) is 12.2. The van der Waals surface area contributed by atoms with Gasteiger partial charge in [-0.2, -0.15) is 0 Å². The summed E-state index contributed by atoms with van der Waals surface area (Å²) < 4.78 is 41.1. The number of benzene rings is 4. The third kappa shape index (κ3) is 9.04. The van der Waals surface area contributed by atoms with E-state index in [1.54, 1.807) is 17.0 Å². The Balaban J connectivity index is 1.59. The van der Waals surface area contributed by atoms with Crippen molar-refractivity contribution in [2.24, 2.45) is 0 Å². The van der Waals surface area contributed by atoms with E-state index in [0.29, 0.717) is 11.4 Å². The fraction of sp³-hybridized carbons (Fsp3) is 0.350. The van der Waals surface area contributed by atoms with Gasteiger partial charge in [0, 0.05) is 25.1 Å². The highest BCUT2D eigenvalue weighted by Crippen LogP contribution is 2.33. The van der Waals surface area contributed by atoms with Crippen LogP contribution in [0, 0.1) is 13.8 Å². The lowest BCUT2D eigenvalue weighted by molar-refractivity contribution is -0.140. The molecule has 5 rings (SSSR count). The topological polar surface area (TPSA) is 105 Å². The Labute approximate surface area is 296 Å². The van der Waals surface area contributed by atoms with Crippen LogP contribution in [0.15, 0.2) is 102 Å².